The van der Waals surface area contributed by atoms with Crippen molar-refractivity contribution in [3.8, 4) is 10.6 Å². The van der Waals surface area contributed by atoms with Gasteiger partial charge in [0.25, 0.3) is 5.91 Å². The predicted octanol–water partition coefficient (Wildman–Crippen LogP) is 3.91. The molecule has 20 heavy (non-hydrogen) atoms. The lowest BCUT2D eigenvalue weighted by atomic mass is 10.2. The Balaban J connectivity index is 1.80. The van der Waals surface area contributed by atoms with E-state index in [0.29, 0.717) is 15.8 Å². The molecule has 0 spiro atoms. The number of hydrogen-bond donors (Lipinski definition) is 1. The molecule has 1 aliphatic carbocycles. The zero-order chi connectivity index (χ0) is 14.1. The molecule has 5 heteroatoms. The van der Waals surface area contributed by atoms with Crippen molar-refractivity contribution in [3.05, 3.63) is 39.9 Å². The first kappa shape index (κ1) is 13.6. The van der Waals surface area contributed by atoms with Crippen LogP contribution in [-0.4, -0.2) is 17.4 Å². The van der Waals surface area contributed by atoms with Gasteiger partial charge in [0.2, 0.25) is 0 Å². The van der Waals surface area contributed by atoms with Gasteiger partial charge in [-0.05, 0) is 37.8 Å². The summed E-state index contributed by atoms with van der Waals surface area (Å²) >= 11 is 7.41. The number of amides is 1. The highest BCUT2D eigenvalue weighted by atomic mass is 35.5. The first-order valence-electron chi connectivity index (χ1n) is 6.65. The number of thiazole rings is 1. The fourth-order valence-electron chi connectivity index (χ4n) is 1.99. The monoisotopic (exact) mass is 306 g/mol. The number of hydrogen-bond acceptors (Lipinski definition) is 3. The van der Waals surface area contributed by atoms with E-state index in [1.54, 1.807) is 0 Å². The van der Waals surface area contributed by atoms with Gasteiger partial charge in [0, 0.05) is 17.1 Å². The van der Waals surface area contributed by atoms with Crippen LogP contribution < -0.4 is 5.32 Å². The zero-order valence-electron chi connectivity index (χ0n) is 11.1. The molecular weight excluding hydrogens is 292 g/mol. The summed E-state index contributed by atoms with van der Waals surface area (Å²) < 4.78 is 0. The van der Waals surface area contributed by atoms with E-state index in [4.69, 9.17) is 11.6 Å². The number of nitrogens with zero attached hydrogens (tertiary/aromatic N) is 1. The van der Waals surface area contributed by atoms with Crippen molar-refractivity contribution in [2.24, 2.45) is 5.92 Å². The molecule has 1 fully saturated rings. The summed E-state index contributed by atoms with van der Waals surface area (Å²) in [5, 5.41) is 4.49. The van der Waals surface area contributed by atoms with Crippen LogP contribution in [0.5, 0.6) is 0 Å². The quantitative estimate of drug-likeness (QED) is 0.930. The molecule has 1 aliphatic rings. The second-order valence-electron chi connectivity index (χ2n) is 5.10. The summed E-state index contributed by atoms with van der Waals surface area (Å²) in [6.07, 6.45) is 2.46. The number of aromatic nitrogens is 1. The van der Waals surface area contributed by atoms with Gasteiger partial charge in [-0.3, -0.25) is 4.79 Å². The Kier molecular flexibility index (Phi) is 3.76. The minimum absolute atomic E-state index is 0.0137. The van der Waals surface area contributed by atoms with Crippen molar-refractivity contribution in [2.45, 2.75) is 19.8 Å². The Labute approximate surface area is 127 Å². The summed E-state index contributed by atoms with van der Waals surface area (Å²) in [6.45, 7) is 2.65. The van der Waals surface area contributed by atoms with Crippen molar-refractivity contribution in [2.75, 3.05) is 6.54 Å². The Morgan fingerprint density at radius 1 is 1.50 bits per heavy atom. The smallest absolute Gasteiger partial charge is 0.263 e. The van der Waals surface area contributed by atoms with Gasteiger partial charge in [0.1, 0.15) is 9.88 Å². The fourth-order valence-corrected chi connectivity index (χ4v) is 3.16. The van der Waals surface area contributed by atoms with Crippen molar-refractivity contribution in [3.63, 3.8) is 0 Å². The molecule has 1 heterocycles. The van der Waals surface area contributed by atoms with E-state index in [1.807, 2.05) is 31.2 Å². The normalized spacial score (nSPS) is 14.3. The Morgan fingerprint density at radius 2 is 2.30 bits per heavy atom. The van der Waals surface area contributed by atoms with Crippen LogP contribution >= 0.6 is 22.9 Å². The molecule has 1 aromatic heterocycles. The van der Waals surface area contributed by atoms with Gasteiger partial charge in [0.05, 0.1) is 5.69 Å². The number of carbonyl (C=O) groups excluding carboxylic acids is 1. The maximum absolute atomic E-state index is 12.1. The van der Waals surface area contributed by atoms with Crippen molar-refractivity contribution < 1.29 is 4.79 Å². The number of carbonyl (C=O) groups is 1. The third-order valence-corrected chi connectivity index (χ3v) is 4.76. The number of halogens is 1. The molecule has 104 valence electrons. The Bertz CT molecular complexity index is 649. The summed E-state index contributed by atoms with van der Waals surface area (Å²) in [5.74, 6) is 0.666. The number of rotatable bonds is 4. The molecule has 2 aromatic rings. The molecule has 1 amide bonds. The topological polar surface area (TPSA) is 42.0 Å². The van der Waals surface area contributed by atoms with Gasteiger partial charge >= 0.3 is 0 Å². The van der Waals surface area contributed by atoms with Crippen LogP contribution in [0.1, 0.15) is 28.2 Å². The maximum Gasteiger partial charge on any atom is 0.263 e. The lowest BCUT2D eigenvalue weighted by Gasteiger charge is -2.01. The number of aryl methyl sites for hydroxylation is 1. The number of benzene rings is 1. The predicted molar refractivity (Wildman–Crippen MR) is 82.4 cm³/mol. The third-order valence-electron chi connectivity index (χ3n) is 3.32. The molecule has 1 N–H and O–H groups in total. The maximum atomic E-state index is 12.1. The van der Waals surface area contributed by atoms with E-state index in [9.17, 15) is 4.79 Å². The summed E-state index contributed by atoms with van der Waals surface area (Å²) in [6, 6.07) is 7.54. The van der Waals surface area contributed by atoms with Crippen LogP contribution in [0.2, 0.25) is 5.02 Å². The van der Waals surface area contributed by atoms with Crippen LogP contribution in [0.4, 0.5) is 0 Å². The minimum atomic E-state index is -0.0137. The van der Waals surface area contributed by atoms with Gasteiger partial charge in [-0.2, -0.15) is 0 Å². The van der Waals surface area contributed by atoms with Gasteiger partial charge in [0.15, 0.2) is 0 Å². The summed E-state index contributed by atoms with van der Waals surface area (Å²) in [7, 11) is 0. The van der Waals surface area contributed by atoms with Crippen molar-refractivity contribution in [1.29, 1.82) is 0 Å². The fraction of sp³-hybridized carbons (Fsp3) is 0.333. The molecule has 0 radical (unpaired) electrons. The SMILES string of the molecule is Cc1nc(-c2cccc(Cl)c2)sc1C(=O)NCC1CC1. The molecule has 1 aromatic carbocycles. The molecule has 1 saturated carbocycles. The highest BCUT2D eigenvalue weighted by Crippen LogP contribution is 2.30. The average molecular weight is 307 g/mol. The standard InChI is InChI=1S/C15H15ClN2OS/c1-9-13(14(19)17-8-10-5-6-10)20-15(18-9)11-3-2-4-12(16)7-11/h2-4,7,10H,5-6,8H2,1H3,(H,17,19). The molecule has 0 unspecified atom stereocenters. The van der Waals surface area contributed by atoms with E-state index in [0.717, 1.165) is 22.8 Å². The first-order valence-corrected chi connectivity index (χ1v) is 7.84. The zero-order valence-corrected chi connectivity index (χ0v) is 12.7. The van der Waals surface area contributed by atoms with Crippen LogP contribution in [0.15, 0.2) is 24.3 Å². The van der Waals surface area contributed by atoms with E-state index < -0.39 is 0 Å². The summed E-state index contributed by atoms with van der Waals surface area (Å²) in [4.78, 5) is 17.3. The molecule has 0 aliphatic heterocycles. The highest BCUT2D eigenvalue weighted by Gasteiger charge is 2.23. The first-order chi connectivity index (χ1) is 9.63. The van der Waals surface area contributed by atoms with Gasteiger partial charge < -0.3 is 5.32 Å². The van der Waals surface area contributed by atoms with Gasteiger partial charge in [-0.25, -0.2) is 4.98 Å². The molecule has 3 rings (SSSR count). The van der Waals surface area contributed by atoms with Crippen molar-refractivity contribution in [1.82, 2.24) is 10.3 Å². The van der Waals surface area contributed by atoms with Crippen LogP contribution in [0.25, 0.3) is 10.6 Å². The Hall–Kier alpha value is -1.39. The second-order valence-corrected chi connectivity index (χ2v) is 6.53. The van der Waals surface area contributed by atoms with Crippen LogP contribution in [0, 0.1) is 12.8 Å². The molecular formula is C15H15ClN2OS. The van der Waals surface area contributed by atoms with Crippen LogP contribution in [0.3, 0.4) is 0 Å². The van der Waals surface area contributed by atoms with E-state index in [2.05, 4.69) is 10.3 Å². The minimum Gasteiger partial charge on any atom is -0.351 e. The third kappa shape index (κ3) is 3.02. The van der Waals surface area contributed by atoms with Crippen molar-refractivity contribution >= 4 is 28.8 Å². The second kappa shape index (κ2) is 5.54. The highest BCUT2D eigenvalue weighted by molar-refractivity contribution is 7.17. The largest absolute Gasteiger partial charge is 0.351 e. The molecule has 0 saturated heterocycles. The molecule has 0 bridgehead atoms. The average Bonchev–Trinajstić information content (AvgIpc) is 3.17. The van der Waals surface area contributed by atoms with E-state index in [-0.39, 0.29) is 5.91 Å². The lowest BCUT2D eigenvalue weighted by Crippen LogP contribution is -2.25. The number of nitrogens with one attached hydrogen (secondary N) is 1. The van der Waals surface area contributed by atoms with E-state index >= 15 is 0 Å². The summed E-state index contributed by atoms with van der Waals surface area (Å²) in [5.41, 5.74) is 1.73. The Morgan fingerprint density at radius 3 is 3.00 bits per heavy atom. The lowest BCUT2D eigenvalue weighted by molar-refractivity contribution is 0.0955. The van der Waals surface area contributed by atoms with Gasteiger partial charge in [-0.1, -0.05) is 23.7 Å². The van der Waals surface area contributed by atoms with E-state index in [1.165, 1.54) is 24.2 Å². The van der Waals surface area contributed by atoms with Gasteiger partial charge in [-0.15, -0.1) is 11.3 Å². The molecule has 3 nitrogen and oxygen atoms in total. The van der Waals surface area contributed by atoms with Crippen LogP contribution in [-0.2, 0) is 0 Å². The molecule has 0 atom stereocenters.